The Morgan fingerprint density at radius 1 is 1.29 bits per heavy atom. The molecule has 1 fully saturated rings. The minimum Gasteiger partial charge on any atom is -0.339 e. The van der Waals surface area contributed by atoms with E-state index in [1.807, 2.05) is 25.1 Å². The van der Waals surface area contributed by atoms with Crippen molar-refractivity contribution in [3.63, 3.8) is 0 Å². The third-order valence-corrected chi connectivity index (χ3v) is 3.04. The van der Waals surface area contributed by atoms with E-state index in [1.54, 1.807) is 0 Å². The van der Waals surface area contributed by atoms with Crippen molar-refractivity contribution in [1.82, 2.24) is 0 Å². The van der Waals surface area contributed by atoms with Crippen LogP contribution in [0, 0.1) is 5.92 Å². The summed E-state index contributed by atoms with van der Waals surface area (Å²) in [5.41, 5.74) is 1.27. The van der Waals surface area contributed by atoms with Gasteiger partial charge in [0.25, 0.3) is 0 Å². The van der Waals surface area contributed by atoms with Gasteiger partial charge in [-0.05, 0) is 6.92 Å². The van der Waals surface area contributed by atoms with Crippen molar-refractivity contribution < 1.29 is 10.1 Å². The molecule has 2 atom stereocenters. The van der Waals surface area contributed by atoms with Gasteiger partial charge in [-0.3, -0.25) is 4.79 Å². The number of hydrogen-bond acceptors (Lipinski definition) is 1. The van der Waals surface area contributed by atoms with Crippen molar-refractivity contribution in [2.75, 3.05) is 6.54 Å². The lowest BCUT2D eigenvalue weighted by Crippen LogP contribution is -2.89. The lowest BCUT2D eigenvalue weighted by atomic mass is 9.87. The predicted molar refractivity (Wildman–Crippen MR) is 54.8 cm³/mol. The largest absolute Gasteiger partial charge is 0.339 e. The molecular formula is C12H16NO+. The molecule has 1 aliphatic heterocycles. The fraction of sp³-hybridized carbons (Fsp3) is 0.417. The highest BCUT2D eigenvalue weighted by atomic mass is 16.1. The Hall–Kier alpha value is -1.15. The highest BCUT2D eigenvalue weighted by Crippen LogP contribution is 2.21. The van der Waals surface area contributed by atoms with Crippen molar-refractivity contribution in [3.8, 4) is 0 Å². The standard InChI is InChI=1S/C12H15NO/c1-9-11(14)7-8-13-12(9)10-5-3-2-4-6-10/h2-6,9,12-13H,7-8H2,1H3/p+1/t9-,12-/m0/s1. The molecule has 0 amide bonds. The van der Waals surface area contributed by atoms with Crippen molar-refractivity contribution in [2.45, 2.75) is 19.4 Å². The van der Waals surface area contributed by atoms with E-state index in [-0.39, 0.29) is 5.92 Å². The normalized spacial score (nSPS) is 27.6. The minimum atomic E-state index is 0.158. The van der Waals surface area contributed by atoms with E-state index in [0.29, 0.717) is 11.8 Å². The van der Waals surface area contributed by atoms with Gasteiger partial charge < -0.3 is 5.32 Å². The van der Waals surface area contributed by atoms with E-state index in [0.717, 1.165) is 13.0 Å². The Balaban J connectivity index is 2.22. The molecule has 0 aliphatic carbocycles. The molecule has 1 aromatic rings. The summed E-state index contributed by atoms with van der Waals surface area (Å²) in [6, 6.07) is 10.6. The fourth-order valence-electron chi connectivity index (χ4n) is 2.14. The summed E-state index contributed by atoms with van der Waals surface area (Å²) in [6.45, 7) is 2.97. The average molecular weight is 190 g/mol. The second-order valence-corrected chi connectivity index (χ2v) is 3.97. The number of hydrogen-bond donors (Lipinski definition) is 1. The molecule has 0 aromatic heterocycles. The van der Waals surface area contributed by atoms with Gasteiger partial charge in [0.1, 0.15) is 11.8 Å². The number of benzene rings is 1. The maximum Gasteiger partial charge on any atom is 0.147 e. The Kier molecular flexibility index (Phi) is 2.64. The topological polar surface area (TPSA) is 33.7 Å². The molecule has 74 valence electrons. The number of piperidine rings is 1. The van der Waals surface area contributed by atoms with Crippen LogP contribution < -0.4 is 5.32 Å². The zero-order valence-electron chi connectivity index (χ0n) is 8.44. The quantitative estimate of drug-likeness (QED) is 0.701. The van der Waals surface area contributed by atoms with Gasteiger partial charge >= 0.3 is 0 Å². The molecule has 1 aliphatic rings. The SMILES string of the molecule is C[C@H]1C(=O)CC[NH2+][C@@H]1c1ccccc1. The van der Waals surface area contributed by atoms with Crippen molar-refractivity contribution in [3.05, 3.63) is 35.9 Å². The number of nitrogens with two attached hydrogens (primary N) is 1. The number of Topliss-reactive ketones (excluding diaryl/α,β-unsaturated/α-hetero) is 1. The van der Waals surface area contributed by atoms with Gasteiger partial charge in [-0.25, -0.2) is 0 Å². The van der Waals surface area contributed by atoms with Crippen LogP contribution in [0.2, 0.25) is 0 Å². The molecule has 0 radical (unpaired) electrons. The highest BCUT2D eigenvalue weighted by Gasteiger charge is 2.31. The Labute approximate surface area is 84.3 Å². The number of quaternary nitrogens is 1. The summed E-state index contributed by atoms with van der Waals surface area (Å²) in [5, 5.41) is 2.28. The van der Waals surface area contributed by atoms with E-state index in [4.69, 9.17) is 0 Å². The summed E-state index contributed by atoms with van der Waals surface area (Å²) in [4.78, 5) is 11.6. The number of carbonyl (C=O) groups is 1. The molecule has 1 aromatic carbocycles. The zero-order chi connectivity index (χ0) is 9.97. The van der Waals surface area contributed by atoms with Crippen LogP contribution in [0.4, 0.5) is 0 Å². The monoisotopic (exact) mass is 190 g/mol. The first-order valence-electron chi connectivity index (χ1n) is 5.20. The third kappa shape index (κ3) is 1.70. The van der Waals surface area contributed by atoms with E-state index in [1.165, 1.54) is 5.56 Å². The van der Waals surface area contributed by atoms with Crippen LogP contribution in [-0.4, -0.2) is 12.3 Å². The smallest absolute Gasteiger partial charge is 0.147 e. The molecule has 0 unspecified atom stereocenters. The van der Waals surface area contributed by atoms with Crippen molar-refractivity contribution in [1.29, 1.82) is 0 Å². The van der Waals surface area contributed by atoms with Gasteiger partial charge in [0.15, 0.2) is 0 Å². The lowest BCUT2D eigenvalue weighted by Gasteiger charge is -2.25. The van der Waals surface area contributed by atoms with E-state index in [9.17, 15) is 4.79 Å². The fourth-order valence-corrected chi connectivity index (χ4v) is 2.14. The summed E-state index contributed by atoms with van der Waals surface area (Å²) < 4.78 is 0. The first kappa shape index (κ1) is 9.41. The van der Waals surface area contributed by atoms with Gasteiger partial charge in [-0.1, -0.05) is 30.3 Å². The van der Waals surface area contributed by atoms with E-state index < -0.39 is 0 Å². The first-order valence-corrected chi connectivity index (χ1v) is 5.20. The van der Waals surface area contributed by atoms with Crippen LogP contribution in [0.15, 0.2) is 30.3 Å². The molecule has 1 heterocycles. The average Bonchev–Trinajstić information content (AvgIpc) is 2.23. The van der Waals surface area contributed by atoms with Gasteiger partial charge in [-0.2, -0.15) is 0 Å². The summed E-state index contributed by atoms with van der Waals surface area (Å²) >= 11 is 0. The molecule has 14 heavy (non-hydrogen) atoms. The predicted octanol–water partition coefficient (Wildman–Crippen LogP) is 0.900. The van der Waals surface area contributed by atoms with Crippen molar-refractivity contribution in [2.24, 2.45) is 5.92 Å². The van der Waals surface area contributed by atoms with E-state index in [2.05, 4.69) is 17.4 Å². The van der Waals surface area contributed by atoms with Crippen LogP contribution in [0.25, 0.3) is 0 Å². The summed E-state index contributed by atoms with van der Waals surface area (Å²) in [5.74, 6) is 0.563. The van der Waals surface area contributed by atoms with Gasteiger partial charge in [0, 0.05) is 5.56 Å². The van der Waals surface area contributed by atoms with Crippen LogP contribution >= 0.6 is 0 Å². The molecule has 2 heteroatoms. The van der Waals surface area contributed by atoms with Crippen LogP contribution in [0.3, 0.4) is 0 Å². The molecule has 2 N–H and O–H groups in total. The van der Waals surface area contributed by atoms with Crippen LogP contribution in [0.5, 0.6) is 0 Å². The molecule has 2 rings (SSSR count). The minimum absolute atomic E-state index is 0.158. The van der Waals surface area contributed by atoms with E-state index >= 15 is 0 Å². The zero-order valence-corrected chi connectivity index (χ0v) is 8.44. The van der Waals surface area contributed by atoms with Crippen LogP contribution in [0.1, 0.15) is 24.9 Å². The molecular weight excluding hydrogens is 174 g/mol. The van der Waals surface area contributed by atoms with Crippen LogP contribution in [-0.2, 0) is 4.79 Å². The number of carbonyl (C=O) groups excluding carboxylic acids is 1. The van der Waals surface area contributed by atoms with Gasteiger partial charge in [0.2, 0.25) is 0 Å². The Morgan fingerprint density at radius 3 is 2.71 bits per heavy atom. The number of ketones is 1. The second-order valence-electron chi connectivity index (χ2n) is 3.97. The molecule has 2 nitrogen and oxygen atoms in total. The maximum atomic E-state index is 11.6. The summed E-state index contributed by atoms with van der Waals surface area (Å²) in [7, 11) is 0. The highest BCUT2D eigenvalue weighted by molar-refractivity contribution is 5.81. The van der Waals surface area contributed by atoms with Gasteiger partial charge in [-0.15, -0.1) is 0 Å². The maximum absolute atomic E-state index is 11.6. The molecule has 1 saturated heterocycles. The van der Waals surface area contributed by atoms with Gasteiger partial charge in [0.05, 0.1) is 18.9 Å². The Morgan fingerprint density at radius 2 is 2.00 bits per heavy atom. The molecule has 0 spiro atoms. The first-order chi connectivity index (χ1) is 6.79. The summed E-state index contributed by atoms with van der Waals surface area (Å²) in [6.07, 6.45) is 0.727. The molecule has 0 saturated carbocycles. The Bertz CT molecular complexity index is 320. The lowest BCUT2D eigenvalue weighted by molar-refractivity contribution is -0.704. The molecule has 0 bridgehead atoms. The van der Waals surface area contributed by atoms with Crippen molar-refractivity contribution >= 4 is 5.78 Å². The third-order valence-electron chi connectivity index (χ3n) is 3.04. The second kappa shape index (κ2) is 3.93. The number of rotatable bonds is 1.